The van der Waals surface area contributed by atoms with Crippen LogP contribution in [0.25, 0.3) is 0 Å². The van der Waals surface area contributed by atoms with Crippen molar-refractivity contribution in [3.05, 3.63) is 0 Å². The molecule has 0 aromatic carbocycles. The monoisotopic (exact) mass is 255 g/mol. The second-order valence-corrected chi connectivity index (χ2v) is 6.82. The number of rotatable bonds is 7. The van der Waals surface area contributed by atoms with E-state index in [1.807, 2.05) is 6.92 Å². The maximum absolute atomic E-state index is 12.5. The third kappa shape index (κ3) is 5.96. The molecular weight excluding hydrogens is 231 g/mol. The van der Waals surface area contributed by atoms with Crippen LogP contribution in [0, 0.1) is 0 Å². The zero-order valence-corrected chi connectivity index (χ0v) is 12.0. The van der Waals surface area contributed by atoms with E-state index in [1.165, 1.54) is 0 Å². The third-order valence-electron chi connectivity index (χ3n) is 1.49. The van der Waals surface area contributed by atoms with E-state index in [9.17, 15) is 4.57 Å². The fourth-order valence-corrected chi connectivity index (χ4v) is 3.47. The van der Waals surface area contributed by atoms with Crippen LogP contribution in [0.4, 0.5) is 0 Å². The van der Waals surface area contributed by atoms with Crippen LogP contribution < -0.4 is 0 Å². The zero-order valence-electron chi connectivity index (χ0n) is 11.2. The summed E-state index contributed by atoms with van der Waals surface area (Å²) in [6, 6.07) is 0. The summed E-state index contributed by atoms with van der Waals surface area (Å²) in [5, 5.41) is 0. The Labute approximate surface area is 100 Å². The lowest BCUT2D eigenvalue weighted by Gasteiger charge is -2.26. The summed E-state index contributed by atoms with van der Waals surface area (Å²) >= 11 is 4.15. The van der Waals surface area contributed by atoms with E-state index in [1.54, 1.807) is 27.7 Å². The van der Waals surface area contributed by atoms with Crippen molar-refractivity contribution in [1.82, 2.24) is 0 Å². The molecule has 0 saturated carbocycles. The fraction of sp³-hybridized carbons (Fsp3) is 1.00. The molecule has 1 atom stereocenters. The normalized spacial score (nSPS) is 18.0. The van der Waals surface area contributed by atoms with Crippen molar-refractivity contribution >= 4 is 20.2 Å². The van der Waals surface area contributed by atoms with Crippen molar-refractivity contribution < 1.29 is 15.0 Å². The highest BCUT2D eigenvalue weighted by molar-refractivity contribution is 7.89. The number of hydrogen-bond donors (Lipinski definition) is 1. The topological polar surface area (TPSA) is 35.5 Å². The SMILES string of the molecule is [2H][C@](S)(CCC)P(=O)(OC(C)C)OC(C)C. The van der Waals surface area contributed by atoms with Gasteiger partial charge in [-0.3, -0.25) is 4.57 Å². The molecular formula is C10H23O3PS. The molecule has 0 aliphatic rings. The molecule has 0 heterocycles. The highest BCUT2D eigenvalue weighted by atomic mass is 32.1. The van der Waals surface area contributed by atoms with Gasteiger partial charge in [0.25, 0.3) is 0 Å². The van der Waals surface area contributed by atoms with E-state index in [4.69, 9.17) is 10.4 Å². The van der Waals surface area contributed by atoms with Crippen LogP contribution in [-0.2, 0) is 13.6 Å². The molecule has 0 radical (unpaired) electrons. The van der Waals surface area contributed by atoms with Gasteiger partial charge in [-0.25, -0.2) is 0 Å². The minimum atomic E-state index is -3.52. The predicted octanol–water partition coefficient (Wildman–Crippen LogP) is 4.09. The Balaban J connectivity index is 4.98. The molecule has 0 amide bonds. The van der Waals surface area contributed by atoms with Gasteiger partial charge in [-0.05, 0) is 34.1 Å². The standard InChI is InChI=1S/C10H23O3PS/c1-6-7-10(15)14(11,12-8(2)3)13-9(4)5/h8-10,15H,6-7H2,1-5H3/t10-/m0/s1/i10D. The average Bonchev–Trinajstić information content (AvgIpc) is 1.99. The lowest BCUT2D eigenvalue weighted by molar-refractivity contribution is 0.140. The molecule has 0 aromatic heterocycles. The Morgan fingerprint density at radius 3 is 1.93 bits per heavy atom. The molecule has 15 heavy (non-hydrogen) atoms. The van der Waals surface area contributed by atoms with Gasteiger partial charge in [0, 0.05) is 0 Å². The van der Waals surface area contributed by atoms with E-state index < -0.39 is 12.6 Å². The van der Waals surface area contributed by atoms with Crippen LogP contribution in [0.3, 0.4) is 0 Å². The van der Waals surface area contributed by atoms with Gasteiger partial charge in [-0.1, -0.05) is 13.3 Å². The van der Waals surface area contributed by atoms with Crippen LogP contribution in [-0.4, -0.2) is 17.2 Å². The van der Waals surface area contributed by atoms with Crippen LogP contribution in [0.1, 0.15) is 48.8 Å². The van der Waals surface area contributed by atoms with Crippen LogP contribution >= 0.6 is 20.2 Å². The number of hydrogen-bond acceptors (Lipinski definition) is 4. The Morgan fingerprint density at radius 1 is 1.27 bits per heavy atom. The molecule has 0 spiro atoms. The first-order chi connectivity index (χ1) is 7.14. The summed E-state index contributed by atoms with van der Waals surface area (Å²) in [5.41, 5.74) is 0. The molecule has 92 valence electrons. The van der Waals surface area contributed by atoms with Crippen LogP contribution in [0.5, 0.6) is 0 Å². The van der Waals surface area contributed by atoms with Gasteiger partial charge in [0.2, 0.25) is 0 Å². The van der Waals surface area contributed by atoms with E-state index in [-0.39, 0.29) is 12.2 Å². The molecule has 0 aliphatic carbocycles. The van der Waals surface area contributed by atoms with Crippen molar-refractivity contribution in [2.45, 2.75) is 64.6 Å². The van der Waals surface area contributed by atoms with Gasteiger partial charge in [0.05, 0.1) is 13.6 Å². The second-order valence-electron chi connectivity index (χ2n) is 3.97. The summed E-state index contributed by atoms with van der Waals surface area (Å²) < 4.78 is 31.2. The highest BCUT2D eigenvalue weighted by Crippen LogP contribution is 2.57. The molecule has 5 heteroatoms. The van der Waals surface area contributed by atoms with Gasteiger partial charge >= 0.3 is 7.60 Å². The Morgan fingerprint density at radius 2 is 1.67 bits per heavy atom. The van der Waals surface area contributed by atoms with Crippen molar-refractivity contribution in [1.29, 1.82) is 0 Å². The van der Waals surface area contributed by atoms with Crippen molar-refractivity contribution in [2.24, 2.45) is 0 Å². The largest absolute Gasteiger partial charge is 0.343 e. The minimum absolute atomic E-state index is 0.252. The van der Waals surface area contributed by atoms with Crippen molar-refractivity contribution in [3.63, 3.8) is 0 Å². The quantitative estimate of drug-likeness (QED) is 0.550. The molecule has 0 unspecified atom stereocenters. The van der Waals surface area contributed by atoms with Gasteiger partial charge in [0.1, 0.15) is 4.97 Å². The lowest BCUT2D eigenvalue weighted by Crippen LogP contribution is -2.14. The first kappa shape index (κ1) is 13.6. The van der Waals surface area contributed by atoms with E-state index in [0.29, 0.717) is 12.8 Å². The zero-order chi connectivity index (χ0) is 13.0. The molecule has 0 saturated heterocycles. The Hall–Kier alpha value is 0.500. The predicted molar refractivity (Wildman–Crippen MR) is 67.7 cm³/mol. The molecule has 0 bridgehead atoms. The lowest BCUT2D eigenvalue weighted by atomic mass is 10.4. The maximum Gasteiger partial charge on any atom is 0.343 e. The molecule has 0 rings (SSSR count). The molecule has 3 nitrogen and oxygen atoms in total. The fourth-order valence-electron chi connectivity index (χ4n) is 1.06. The van der Waals surface area contributed by atoms with Crippen molar-refractivity contribution in [2.75, 3.05) is 0 Å². The first-order valence-electron chi connectivity index (χ1n) is 5.84. The molecule has 0 fully saturated rings. The Kier molecular flexibility index (Phi) is 6.28. The summed E-state index contributed by atoms with van der Waals surface area (Å²) in [6.45, 7) is 8.99. The van der Waals surface area contributed by atoms with Gasteiger partial charge in [0.15, 0.2) is 0 Å². The van der Waals surface area contributed by atoms with E-state index in [0.717, 1.165) is 0 Å². The summed E-state index contributed by atoms with van der Waals surface area (Å²) in [4.78, 5) is -1.48. The molecule has 0 aromatic rings. The average molecular weight is 255 g/mol. The summed E-state index contributed by atoms with van der Waals surface area (Å²) in [5.74, 6) is 0. The van der Waals surface area contributed by atoms with E-state index in [2.05, 4.69) is 12.6 Å². The van der Waals surface area contributed by atoms with Gasteiger partial charge < -0.3 is 9.05 Å². The smallest absolute Gasteiger partial charge is 0.305 e. The second kappa shape index (κ2) is 6.95. The van der Waals surface area contributed by atoms with Gasteiger partial charge in [-0.2, -0.15) is 12.6 Å². The minimum Gasteiger partial charge on any atom is -0.305 e. The van der Waals surface area contributed by atoms with Gasteiger partial charge in [-0.15, -0.1) is 0 Å². The summed E-state index contributed by atoms with van der Waals surface area (Å²) in [6.07, 6.45) is 0.573. The van der Waals surface area contributed by atoms with Crippen molar-refractivity contribution in [3.8, 4) is 0 Å². The van der Waals surface area contributed by atoms with E-state index >= 15 is 0 Å². The molecule has 0 aliphatic heterocycles. The van der Waals surface area contributed by atoms with Crippen LogP contribution in [0.2, 0.25) is 0 Å². The Bertz CT molecular complexity index is 242. The third-order valence-corrected chi connectivity index (χ3v) is 4.70. The molecule has 0 N–H and O–H groups in total. The maximum atomic E-state index is 12.5. The highest BCUT2D eigenvalue weighted by Gasteiger charge is 2.34. The van der Waals surface area contributed by atoms with Crippen LogP contribution in [0.15, 0.2) is 0 Å². The first-order valence-corrected chi connectivity index (χ1v) is 7.33. The number of thiol groups is 1. The summed E-state index contributed by atoms with van der Waals surface area (Å²) in [7, 11) is -3.52.